The monoisotopic (exact) mass is 407 g/mol. The van der Waals surface area contributed by atoms with E-state index in [2.05, 4.69) is 34.0 Å². The van der Waals surface area contributed by atoms with E-state index in [0.717, 1.165) is 42.0 Å². The van der Waals surface area contributed by atoms with Gasteiger partial charge in [0.05, 0.1) is 10.9 Å². The second kappa shape index (κ2) is 7.68. The maximum atomic E-state index is 12.6. The van der Waals surface area contributed by atoms with Crippen molar-refractivity contribution < 1.29 is 9.90 Å². The van der Waals surface area contributed by atoms with Gasteiger partial charge in [-0.15, -0.1) is 11.3 Å². The van der Waals surface area contributed by atoms with Crippen molar-refractivity contribution in [1.82, 2.24) is 9.97 Å². The number of hydrogen-bond acceptors (Lipinski definition) is 7. The summed E-state index contributed by atoms with van der Waals surface area (Å²) < 4.78 is 0. The first kappa shape index (κ1) is 19.2. The molecular formula is C21H21N5O2S. The number of carbonyl (C=O) groups is 1. The van der Waals surface area contributed by atoms with Crippen LogP contribution in [0.3, 0.4) is 0 Å². The number of aromatic hydroxyl groups is 1. The average molecular weight is 407 g/mol. The molecule has 3 aromatic rings. The molecule has 4 rings (SSSR count). The minimum Gasteiger partial charge on any atom is -0.506 e. The number of amides is 1. The molecule has 2 N–H and O–H groups in total. The topological polar surface area (TPSA) is 102 Å². The number of rotatable bonds is 3. The van der Waals surface area contributed by atoms with E-state index in [1.807, 2.05) is 6.07 Å². The second-order valence-electron chi connectivity index (χ2n) is 7.25. The molecule has 0 unspecified atom stereocenters. The highest BCUT2D eigenvalue weighted by Gasteiger charge is 2.27. The van der Waals surface area contributed by atoms with Crippen molar-refractivity contribution in [2.24, 2.45) is 5.92 Å². The maximum Gasteiger partial charge on any atom is 0.227 e. The van der Waals surface area contributed by atoms with E-state index < -0.39 is 0 Å². The Morgan fingerprint density at radius 1 is 1.31 bits per heavy atom. The number of phenols is 1. The minimum atomic E-state index is -0.130. The van der Waals surface area contributed by atoms with Gasteiger partial charge in [-0.1, -0.05) is 0 Å². The number of aromatic nitrogens is 2. The van der Waals surface area contributed by atoms with Crippen molar-refractivity contribution >= 4 is 39.0 Å². The fourth-order valence-corrected chi connectivity index (χ4v) is 4.70. The van der Waals surface area contributed by atoms with Gasteiger partial charge in [-0.25, -0.2) is 9.97 Å². The molecule has 1 saturated heterocycles. The van der Waals surface area contributed by atoms with Crippen LogP contribution in [0.5, 0.6) is 5.75 Å². The molecule has 0 bridgehead atoms. The lowest BCUT2D eigenvalue weighted by Gasteiger charge is -2.32. The molecular weight excluding hydrogens is 386 g/mol. The zero-order valence-corrected chi connectivity index (χ0v) is 17.1. The molecule has 0 aliphatic carbocycles. The summed E-state index contributed by atoms with van der Waals surface area (Å²) in [5.74, 6) is 0.651. The number of anilines is 2. The van der Waals surface area contributed by atoms with Gasteiger partial charge >= 0.3 is 0 Å². The average Bonchev–Trinajstić information content (AvgIpc) is 3.02. The number of fused-ring (bicyclic) bond motifs is 1. The van der Waals surface area contributed by atoms with E-state index in [4.69, 9.17) is 5.26 Å². The van der Waals surface area contributed by atoms with E-state index in [9.17, 15) is 9.90 Å². The molecule has 0 spiro atoms. The third kappa shape index (κ3) is 3.61. The van der Waals surface area contributed by atoms with Gasteiger partial charge < -0.3 is 15.3 Å². The van der Waals surface area contributed by atoms with Crippen LogP contribution in [0.25, 0.3) is 10.2 Å². The summed E-state index contributed by atoms with van der Waals surface area (Å²) >= 11 is 1.68. The van der Waals surface area contributed by atoms with Crippen LogP contribution in [0, 0.1) is 31.1 Å². The third-order valence-electron chi connectivity index (χ3n) is 5.50. The van der Waals surface area contributed by atoms with Crippen LogP contribution in [0.2, 0.25) is 0 Å². The summed E-state index contributed by atoms with van der Waals surface area (Å²) in [4.78, 5) is 26.1. The highest BCUT2D eigenvalue weighted by Crippen LogP contribution is 2.35. The predicted molar refractivity (Wildman–Crippen MR) is 113 cm³/mol. The summed E-state index contributed by atoms with van der Waals surface area (Å²) in [6.45, 7) is 5.70. The van der Waals surface area contributed by atoms with Crippen LogP contribution in [0.1, 0.15) is 28.8 Å². The largest absolute Gasteiger partial charge is 0.506 e. The molecule has 0 saturated carbocycles. The standard InChI is InChI=1S/C21H21N5O2S/c1-12-13(2)29-21-18(12)19(23-11-24-21)26-7-5-14(6-8-26)20(28)25-16-4-3-15(10-22)17(27)9-16/h3-4,9,11,14,27H,5-8H2,1-2H3,(H,25,28). The Hall–Kier alpha value is -3.18. The molecule has 1 amide bonds. The highest BCUT2D eigenvalue weighted by atomic mass is 32.1. The molecule has 7 nitrogen and oxygen atoms in total. The zero-order valence-electron chi connectivity index (χ0n) is 16.3. The van der Waals surface area contributed by atoms with E-state index in [1.165, 1.54) is 22.6 Å². The Morgan fingerprint density at radius 3 is 2.76 bits per heavy atom. The Bertz CT molecular complexity index is 1130. The van der Waals surface area contributed by atoms with Crippen LogP contribution in [0.4, 0.5) is 11.5 Å². The molecule has 1 aromatic carbocycles. The number of hydrogen-bond donors (Lipinski definition) is 2. The van der Waals surface area contributed by atoms with Crippen LogP contribution in [-0.4, -0.2) is 34.1 Å². The summed E-state index contributed by atoms with van der Waals surface area (Å²) in [5, 5.41) is 22.6. The van der Waals surface area contributed by atoms with Gasteiger partial charge in [0.2, 0.25) is 5.91 Å². The zero-order chi connectivity index (χ0) is 20.5. The highest BCUT2D eigenvalue weighted by molar-refractivity contribution is 7.18. The van der Waals surface area contributed by atoms with E-state index in [0.29, 0.717) is 5.69 Å². The number of phenolic OH excluding ortho intramolecular Hbond substituents is 1. The Kier molecular flexibility index (Phi) is 5.07. The van der Waals surface area contributed by atoms with Crippen LogP contribution in [0.15, 0.2) is 24.5 Å². The number of nitrogens with zero attached hydrogens (tertiary/aromatic N) is 4. The predicted octanol–water partition coefficient (Wildman–Crippen LogP) is 3.74. The molecule has 1 aliphatic rings. The van der Waals surface area contributed by atoms with E-state index >= 15 is 0 Å². The number of benzene rings is 1. The first-order valence-electron chi connectivity index (χ1n) is 9.47. The number of thiophene rings is 1. The van der Waals surface area contributed by atoms with Crippen molar-refractivity contribution in [2.45, 2.75) is 26.7 Å². The number of nitrogens with one attached hydrogen (secondary N) is 1. The Balaban J connectivity index is 1.44. The first-order chi connectivity index (χ1) is 14.0. The van der Waals surface area contributed by atoms with Crippen molar-refractivity contribution in [3.63, 3.8) is 0 Å². The normalized spacial score (nSPS) is 14.7. The molecule has 0 radical (unpaired) electrons. The lowest BCUT2D eigenvalue weighted by molar-refractivity contribution is -0.120. The quantitative estimate of drug-likeness (QED) is 0.686. The van der Waals surface area contributed by atoms with Gasteiger partial charge in [0.25, 0.3) is 0 Å². The molecule has 2 aromatic heterocycles. The summed E-state index contributed by atoms with van der Waals surface area (Å²) in [6, 6.07) is 6.44. The minimum absolute atomic E-state index is 0.0656. The van der Waals surface area contributed by atoms with Gasteiger partial charge in [0, 0.05) is 35.6 Å². The lowest BCUT2D eigenvalue weighted by atomic mass is 9.95. The van der Waals surface area contributed by atoms with Gasteiger partial charge in [-0.2, -0.15) is 5.26 Å². The van der Waals surface area contributed by atoms with Gasteiger partial charge in [0.1, 0.15) is 28.8 Å². The van der Waals surface area contributed by atoms with Crippen molar-refractivity contribution in [3.8, 4) is 11.8 Å². The number of carbonyl (C=O) groups excluding carboxylic acids is 1. The summed E-state index contributed by atoms with van der Waals surface area (Å²) in [5.41, 5.74) is 1.91. The van der Waals surface area contributed by atoms with Crippen LogP contribution >= 0.6 is 11.3 Å². The second-order valence-corrected chi connectivity index (χ2v) is 8.46. The van der Waals surface area contributed by atoms with Gasteiger partial charge in [-0.3, -0.25) is 4.79 Å². The molecule has 148 valence electrons. The molecule has 3 heterocycles. The van der Waals surface area contributed by atoms with E-state index in [-0.39, 0.29) is 23.1 Å². The number of aryl methyl sites for hydroxylation is 2. The lowest BCUT2D eigenvalue weighted by Crippen LogP contribution is -2.38. The summed E-state index contributed by atoms with van der Waals surface area (Å²) in [7, 11) is 0. The number of piperidine rings is 1. The number of nitriles is 1. The molecule has 0 atom stereocenters. The SMILES string of the molecule is Cc1sc2ncnc(N3CCC(C(=O)Nc4ccc(C#N)c(O)c4)CC3)c2c1C. The summed E-state index contributed by atoms with van der Waals surface area (Å²) in [6.07, 6.45) is 3.06. The van der Waals surface area contributed by atoms with E-state index in [1.54, 1.807) is 23.7 Å². The fraction of sp³-hybridized carbons (Fsp3) is 0.333. The maximum absolute atomic E-state index is 12.6. The fourth-order valence-electron chi connectivity index (χ4n) is 3.71. The first-order valence-corrected chi connectivity index (χ1v) is 10.3. The van der Waals surface area contributed by atoms with Gasteiger partial charge in [-0.05, 0) is 44.4 Å². The van der Waals surface area contributed by atoms with Crippen molar-refractivity contribution in [1.29, 1.82) is 5.26 Å². The Labute approximate surface area is 172 Å². The molecule has 29 heavy (non-hydrogen) atoms. The molecule has 8 heteroatoms. The van der Waals surface area contributed by atoms with Crippen LogP contribution < -0.4 is 10.2 Å². The van der Waals surface area contributed by atoms with Gasteiger partial charge in [0.15, 0.2) is 0 Å². The third-order valence-corrected chi connectivity index (χ3v) is 6.61. The van der Waals surface area contributed by atoms with Crippen molar-refractivity contribution in [2.75, 3.05) is 23.3 Å². The van der Waals surface area contributed by atoms with Crippen LogP contribution in [-0.2, 0) is 4.79 Å². The molecule has 1 fully saturated rings. The Morgan fingerprint density at radius 2 is 2.07 bits per heavy atom. The molecule has 1 aliphatic heterocycles. The van der Waals surface area contributed by atoms with Crippen molar-refractivity contribution in [3.05, 3.63) is 40.5 Å². The smallest absolute Gasteiger partial charge is 0.227 e.